The summed E-state index contributed by atoms with van der Waals surface area (Å²) in [7, 11) is 0. The van der Waals surface area contributed by atoms with E-state index in [0.29, 0.717) is 16.7 Å². The molecule has 0 heterocycles. The van der Waals surface area contributed by atoms with Crippen molar-refractivity contribution in [2.75, 3.05) is 0 Å². The Kier molecular flexibility index (Phi) is 13.5. The zero-order valence-electron chi connectivity index (χ0n) is 27.6. The van der Waals surface area contributed by atoms with E-state index < -0.39 is 0 Å². The average Bonchev–Trinajstić information content (AvgIpc) is 2.85. The molecule has 0 heteroatoms. The Hall–Kier alpha value is -2.52. The molecule has 1 unspecified atom stereocenters. The highest BCUT2D eigenvalue weighted by Crippen LogP contribution is 2.43. The lowest BCUT2D eigenvalue weighted by Crippen LogP contribution is -2.20. The van der Waals surface area contributed by atoms with Crippen molar-refractivity contribution in [1.29, 1.82) is 0 Å². The molecule has 0 fully saturated rings. The lowest BCUT2D eigenvalue weighted by Gasteiger charge is -2.34. The monoisotopic (exact) mass is 538 g/mol. The van der Waals surface area contributed by atoms with Gasteiger partial charge in [0.05, 0.1) is 0 Å². The standard InChI is InChI=1S/C40H58/c1-31(19-13-21-33(3)25-27-37-35(5)23-15-29-39(37,7)8)17-11-12-18-32(2)20-14-22-34(4)26-28-38-36(6)24-16-30-40(38,9)10/h11-13,17-19,21,26,28,34H,15-16,22-25,27,29-30H2,1-10H3/b12-11+,19-13+,28-26+,31-17+,32-18+,33-21+. The van der Waals surface area contributed by atoms with Gasteiger partial charge in [-0.05, 0) is 114 Å². The molecule has 40 heavy (non-hydrogen) atoms. The predicted octanol–water partition coefficient (Wildman–Crippen LogP) is 12.4. The van der Waals surface area contributed by atoms with E-state index in [1.165, 1.54) is 61.7 Å². The fraction of sp³-hybridized carbons (Fsp3) is 0.550. The maximum atomic E-state index is 3.38. The van der Waals surface area contributed by atoms with Crippen LogP contribution in [0.15, 0.2) is 93.7 Å². The third-order valence-electron chi connectivity index (χ3n) is 8.85. The second-order valence-corrected chi connectivity index (χ2v) is 13.8. The summed E-state index contributed by atoms with van der Waals surface area (Å²) in [6.45, 7) is 23.0. The van der Waals surface area contributed by atoms with E-state index in [1.807, 2.05) is 0 Å². The second kappa shape index (κ2) is 16.1. The highest BCUT2D eigenvalue weighted by Gasteiger charge is 2.28. The van der Waals surface area contributed by atoms with Gasteiger partial charge >= 0.3 is 0 Å². The summed E-state index contributed by atoms with van der Waals surface area (Å²) >= 11 is 0. The van der Waals surface area contributed by atoms with Gasteiger partial charge in [0.1, 0.15) is 0 Å². The molecular weight excluding hydrogens is 480 g/mol. The summed E-state index contributed by atoms with van der Waals surface area (Å²) in [6, 6.07) is 0. The molecule has 0 bridgehead atoms. The van der Waals surface area contributed by atoms with Crippen LogP contribution in [0.5, 0.6) is 0 Å². The van der Waals surface area contributed by atoms with Gasteiger partial charge in [0.2, 0.25) is 0 Å². The van der Waals surface area contributed by atoms with Crippen molar-refractivity contribution >= 4 is 0 Å². The molecule has 0 aromatic rings. The zero-order valence-corrected chi connectivity index (χ0v) is 27.6. The first-order chi connectivity index (χ1) is 18.8. The molecule has 0 N–H and O–H groups in total. The summed E-state index contributed by atoms with van der Waals surface area (Å²) in [5.74, 6) is 7.16. The first kappa shape index (κ1) is 33.7. The molecule has 0 saturated heterocycles. The number of rotatable bonds is 10. The molecule has 218 valence electrons. The van der Waals surface area contributed by atoms with Crippen LogP contribution in [0, 0.1) is 28.6 Å². The largest absolute Gasteiger partial charge is 0.0976 e. The van der Waals surface area contributed by atoms with Gasteiger partial charge in [-0.25, -0.2) is 0 Å². The molecule has 0 aromatic carbocycles. The highest BCUT2D eigenvalue weighted by atomic mass is 14.3. The van der Waals surface area contributed by atoms with Crippen LogP contribution in [0.1, 0.15) is 127 Å². The van der Waals surface area contributed by atoms with Crippen LogP contribution in [-0.2, 0) is 0 Å². The average molecular weight is 539 g/mol. The van der Waals surface area contributed by atoms with Gasteiger partial charge in [-0.3, -0.25) is 0 Å². The maximum absolute atomic E-state index is 3.38. The second-order valence-electron chi connectivity index (χ2n) is 13.8. The Morgan fingerprint density at radius 3 is 2.17 bits per heavy atom. The molecule has 0 radical (unpaired) electrons. The van der Waals surface area contributed by atoms with Gasteiger partial charge in [0, 0.05) is 6.42 Å². The van der Waals surface area contributed by atoms with Crippen molar-refractivity contribution in [1.82, 2.24) is 0 Å². The van der Waals surface area contributed by atoms with Crippen molar-refractivity contribution in [2.24, 2.45) is 16.7 Å². The van der Waals surface area contributed by atoms with Gasteiger partial charge in [0.15, 0.2) is 0 Å². The first-order valence-electron chi connectivity index (χ1n) is 15.7. The summed E-state index contributed by atoms with van der Waals surface area (Å²) in [4.78, 5) is 0. The molecule has 0 aliphatic heterocycles. The molecule has 0 nitrogen and oxygen atoms in total. The number of hydrogen-bond acceptors (Lipinski definition) is 0. The minimum Gasteiger partial charge on any atom is -0.0976 e. The van der Waals surface area contributed by atoms with E-state index in [9.17, 15) is 0 Å². The maximum Gasteiger partial charge on any atom is 0.0153 e. The molecule has 0 spiro atoms. The Balaban J connectivity index is 1.81. The van der Waals surface area contributed by atoms with E-state index in [2.05, 4.69) is 136 Å². The zero-order chi connectivity index (χ0) is 29.8. The smallest absolute Gasteiger partial charge is 0.0153 e. The first-order valence-corrected chi connectivity index (χ1v) is 15.7. The molecule has 1 atom stereocenters. The van der Waals surface area contributed by atoms with Crippen molar-refractivity contribution in [3.63, 3.8) is 0 Å². The third kappa shape index (κ3) is 11.5. The molecule has 2 rings (SSSR count). The van der Waals surface area contributed by atoms with Gasteiger partial charge in [-0.1, -0.05) is 129 Å². The van der Waals surface area contributed by atoms with Crippen molar-refractivity contribution < 1.29 is 0 Å². The molecule has 0 aromatic heterocycles. The quantitative estimate of drug-likeness (QED) is 0.147. The number of allylic oxidation sites excluding steroid dienone is 16. The molecular formula is C40H58. The Labute approximate surface area is 248 Å². The van der Waals surface area contributed by atoms with E-state index in [-0.39, 0.29) is 0 Å². The predicted molar refractivity (Wildman–Crippen MR) is 180 cm³/mol. The minimum absolute atomic E-state index is 0.303. The van der Waals surface area contributed by atoms with Crippen LogP contribution in [0.4, 0.5) is 0 Å². The minimum atomic E-state index is 0.303. The van der Waals surface area contributed by atoms with Crippen LogP contribution >= 0.6 is 0 Å². The fourth-order valence-corrected chi connectivity index (χ4v) is 6.19. The number of hydrogen-bond donors (Lipinski definition) is 0. The SMILES string of the molecule is CC1=C(/C=C/C(C)CC#C/C(C)=C/C=C/C=C(C)/C=C/C=C(\C)CCC2=C(C)CCCC2(C)C)C(C)(C)CCC1. The van der Waals surface area contributed by atoms with E-state index in [0.717, 1.165) is 18.4 Å². The van der Waals surface area contributed by atoms with Crippen LogP contribution in [0.2, 0.25) is 0 Å². The lowest BCUT2D eigenvalue weighted by molar-refractivity contribution is 0.354. The van der Waals surface area contributed by atoms with Crippen molar-refractivity contribution in [3.8, 4) is 11.8 Å². The topological polar surface area (TPSA) is 0 Å². The van der Waals surface area contributed by atoms with E-state index in [1.54, 1.807) is 16.7 Å². The van der Waals surface area contributed by atoms with Crippen LogP contribution in [0.3, 0.4) is 0 Å². The molecule has 2 aliphatic carbocycles. The third-order valence-corrected chi connectivity index (χ3v) is 8.85. The van der Waals surface area contributed by atoms with Crippen LogP contribution in [0.25, 0.3) is 0 Å². The molecule has 0 saturated carbocycles. The lowest BCUT2D eigenvalue weighted by atomic mass is 9.71. The van der Waals surface area contributed by atoms with Gasteiger partial charge < -0.3 is 0 Å². The summed E-state index contributed by atoms with van der Waals surface area (Å²) < 4.78 is 0. The highest BCUT2D eigenvalue weighted by molar-refractivity contribution is 5.34. The Morgan fingerprint density at radius 1 is 0.850 bits per heavy atom. The fourth-order valence-electron chi connectivity index (χ4n) is 6.19. The molecule has 2 aliphatic rings. The van der Waals surface area contributed by atoms with Gasteiger partial charge in [0.25, 0.3) is 0 Å². The van der Waals surface area contributed by atoms with E-state index >= 15 is 0 Å². The van der Waals surface area contributed by atoms with Gasteiger partial charge in [-0.15, -0.1) is 0 Å². The van der Waals surface area contributed by atoms with Gasteiger partial charge in [-0.2, -0.15) is 0 Å². The summed E-state index contributed by atoms with van der Waals surface area (Å²) in [6.07, 6.45) is 30.9. The van der Waals surface area contributed by atoms with Crippen molar-refractivity contribution in [2.45, 2.75) is 127 Å². The molecule has 0 amide bonds. The van der Waals surface area contributed by atoms with Crippen LogP contribution in [-0.4, -0.2) is 0 Å². The Bertz CT molecular complexity index is 1160. The van der Waals surface area contributed by atoms with Crippen molar-refractivity contribution in [3.05, 3.63) is 93.7 Å². The van der Waals surface area contributed by atoms with E-state index in [4.69, 9.17) is 0 Å². The summed E-state index contributed by atoms with van der Waals surface area (Å²) in [5.41, 5.74) is 10.9. The summed E-state index contributed by atoms with van der Waals surface area (Å²) in [5, 5.41) is 0. The van der Waals surface area contributed by atoms with Crippen LogP contribution < -0.4 is 0 Å². The Morgan fingerprint density at radius 2 is 1.50 bits per heavy atom. The normalized spacial score (nSPS) is 21.5.